The number of amides is 2. The van der Waals surface area contributed by atoms with Gasteiger partial charge in [0.15, 0.2) is 0 Å². The van der Waals surface area contributed by atoms with Crippen LogP contribution < -0.4 is 15.4 Å². The van der Waals surface area contributed by atoms with Crippen LogP contribution in [0.25, 0.3) is 0 Å². The minimum Gasteiger partial charge on any atom is -0.496 e. The van der Waals surface area contributed by atoms with Crippen LogP contribution >= 0.6 is 0 Å². The third-order valence-electron chi connectivity index (χ3n) is 3.61. The molecule has 0 saturated carbocycles. The summed E-state index contributed by atoms with van der Waals surface area (Å²) in [6.45, 7) is 4.85. The number of rotatable bonds is 10. The largest absolute Gasteiger partial charge is 0.496 e. The van der Waals surface area contributed by atoms with Crippen molar-refractivity contribution in [3.8, 4) is 5.75 Å². The van der Waals surface area contributed by atoms with E-state index in [-0.39, 0.29) is 11.8 Å². The molecule has 0 aliphatic rings. The maximum atomic E-state index is 11.8. The molecule has 0 spiro atoms. The lowest BCUT2D eigenvalue weighted by Gasteiger charge is -2.10. The zero-order valence-electron chi connectivity index (χ0n) is 14.4. The first-order valence-electron chi connectivity index (χ1n) is 8.17. The molecule has 2 N–H and O–H groups in total. The maximum absolute atomic E-state index is 11.8. The van der Waals surface area contributed by atoms with Gasteiger partial charge in [-0.3, -0.25) is 9.59 Å². The molecule has 128 valence electrons. The second-order valence-corrected chi connectivity index (χ2v) is 5.71. The Kier molecular flexibility index (Phi) is 8.80. The Morgan fingerprint density at radius 1 is 1.09 bits per heavy atom. The molecular formula is C18H28N2O3. The van der Waals surface area contributed by atoms with Crippen molar-refractivity contribution in [1.29, 1.82) is 0 Å². The van der Waals surface area contributed by atoms with Gasteiger partial charge in [0.05, 0.1) is 7.11 Å². The Morgan fingerprint density at radius 3 is 2.57 bits per heavy atom. The highest BCUT2D eigenvalue weighted by Crippen LogP contribution is 2.19. The van der Waals surface area contributed by atoms with E-state index in [4.69, 9.17) is 4.74 Å². The van der Waals surface area contributed by atoms with E-state index in [1.807, 2.05) is 19.1 Å². The molecule has 0 radical (unpaired) electrons. The molecule has 0 saturated heterocycles. The molecule has 0 unspecified atom stereocenters. The van der Waals surface area contributed by atoms with Crippen molar-refractivity contribution in [2.45, 2.75) is 46.0 Å². The summed E-state index contributed by atoms with van der Waals surface area (Å²) in [6, 6.07) is 6.07. The summed E-state index contributed by atoms with van der Waals surface area (Å²) < 4.78 is 5.33. The average molecular weight is 320 g/mol. The average Bonchev–Trinajstić information content (AvgIpc) is 2.50. The molecule has 0 heterocycles. The second-order valence-electron chi connectivity index (χ2n) is 5.71. The minimum atomic E-state index is -0.00526. The van der Waals surface area contributed by atoms with Crippen molar-refractivity contribution in [1.82, 2.24) is 10.6 Å². The molecule has 2 amide bonds. The Hall–Kier alpha value is -2.04. The van der Waals surface area contributed by atoms with E-state index in [2.05, 4.69) is 16.7 Å². The predicted molar refractivity (Wildman–Crippen MR) is 91.6 cm³/mol. The summed E-state index contributed by atoms with van der Waals surface area (Å²) in [5, 5.41) is 5.70. The van der Waals surface area contributed by atoms with Gasteiger partial charge >= 0.3 is 0 Å². The molecular weight excluding hydrogens is 292 g/mol. The van der Waals surface area contributed by atoms with Crippen molar-refractivity contribution < 1.29 is 14.3 Å². The van der Waals surface area contributed by atoms with E-state index in [1.54, 1.807) is 7.11 Å². The Bertz CT molecular complexity index is 515. The number of carbonyl (C=O) groups is 2. The molecule has 1 aromatic carbocycles. The van der Waals surface area contributed by atoms with Crippen molar-refractivity contribution >= 4 is 11.8 Å². The summed E-state index contributed by atoms with van der Waals surface area (Å²) in [6.07, 6.45) is 4.00. The quantitative estimate of drug-likeness (QED) is 0.650. The van der Waals surface area contributed by atoms with Crippen molar-refractivity contribution in [3.63, 3.8) is 0 Å². The fourth-order valence-electron chi connectivity index (χ4n) is 2.38. The van der Waals surface area contributed by atoms with Crippen LogP contribution in [0.3, 0.4) is 0 Å². The number of benzene rings is 1. The van der Waals surface area contributed by atoms with E-state index in [9.17, 15) is 9.59 Å². The van der Waals surface area contributed by atoms with Crippen molar-refractivity contribution in [2.24, 2.45) is 0 Å². The molecule has 0 fully saturated rings. The molecule has 5 heteroatoms. The van der Waals surface area contributed by atoms with Gasteiger partial charge in [-0.2, -0.15) is 0 Å². The van der Waals surface area contributed by atoms with Gasteiger partial charge in [-0.1, -0.05) is 24.1 Å². The lowest BCUT2D eigenvalue weighted by Crippen LogP contribution is -2.25. The van der Waals surface area contributed by atoms with E-state index in [0.717, 1.165) is 37.0 Å². The SMILES string of the molecule is COc1ccc(C)cc1CCNC(=O)CCCCCNC(C)=O. The van der Waals surface area contributed by atoms with Crippen LogP contribution in [0.5, 0.6) is 5.75 Å². The molecule has 0 aliphatic carbocycles. The van der Waals surface area contributed by atoms with Crippen LogP contribution in [-0.2, 0) is 16.0 Å². The van der Waals surface area contributed by atoms with Gasteiger partial charge in [-0.25, -0.2) is 0 Å². The number of nitrogens with one attached hydrogen (secondary N) is 2. The van der Waals surface area contributed by atoms with Crippen LogP contribution in [0.2, 0.25) is 0 Å². The van der Waals surface area contributed by atoms with E-state index in [0.29, 0.717) is 19.5 Å². The number of unbranched alkanes of at least 4 members (excludes halogenated alkanes) is 2. The standard InChI is InChI=1S/C18H28N2O3/c1-14-8-9-17(23-3)16(13-14)10-12-20-18(22)7-5-4-6-11-19-15(2)21/h8-9,13H,4-7,10-12H2,1-3H3,(H,19,21)(H,20,22). The smallest absolute Gasteiger partial charge is 0.220 e. The van der Waals surface area contributed by atoms with Gasteiger partial charge in [0.1, 0.15) is 5.75 Å². The van der Waals surface area contributed by atoms with Gasteiger partial charge < -0.3 is 15.4 Å². The highest BCUT2D eigenvalue weighted by molar-refractivity contribution is 5.75. The number of hydrogen-bond acceptors (Lipinski definition) is 3. The van der Waals surface area contributed by atoms with Crippen LogP contribution in [0.4, 0.5) is 0 Å². The molecule has 5 nitrogen and oxygen atoms in total. The van der Waals surface area contributed by atoms with Crippen molar-refractivity contribution in [3.05, 3.63) is 29.3 Å². The normalized spacial score (nSPS) is 10.2. The lowest BCUT2D eigenvalue weighted by atomic mass is 10.1. The fourth-order valence-corrected chi connectivity index (χ4v) is 2.38. The summed E-state index contributed by atoms with van der Waals surface area (Å²) in [4.78, 5) is 22.5. The van der Waals surface area contributed by atoms with Crippen LogP contribution in [0.15, 0.2) is 18.2 Å². The zero-order chi connectivity index (χ0) is 17.1. The molecule has 0 bridgehead atoms. The number of hydrogen-bond donors (Lipinski definition) is 2. The van der Waals surface area contributed by atoms with Crippen LogP contribution in [0, 0.1) is 6.92 Å². The van der Waals surface area contributed by atoms with Crippen molar-refractivity contribution in [2.75, 3.05) is 20.2 Å². The summed E-state index contributed by atoms with van der Waals surface area (Å²) in [5.74, 6) is 0.938. The first kappa shape index (κ1) is 19.0. The Morgan fingerprint density at radius 2 is 1.87 bits per heavy atom. The second kappa shape index (κ2) is 10.6. The highest BCUT2D eigenvalue weighted by Gasteiger charge is 2.05. The van der Waals surface area contributed by atoms with E-state index in [1.165, 1.54) is 12.5 Å². The summed E-state index contributed by atoms with van der Waals surface area (Å²) in [5.41, 5.74) is 2.30. The molecule has 1 aromatic rings. The number of methoxy groups -OCH3 is 1. The van der Waals surface area contributed by atoms with Gasteiger partial charge in [-0.05, 0) is 37.8 Å². The van der Waals surface area contributed by atoms with Gasteiger partial charge in [0, 0.05) is 26.4 Å². The van der Waals surface area contributed by atoms with Crippen LogP contribution in [0.1, 0.15) is 43.7 Å². The highest BCUT2D eigenvalue weighted by atomic mass is 16.5. The molecule has 1 rings (SSSR count). The topological polar surface area (TPSA) is 67.4 Å². The Balaban J connectivity index is 2.17. The molecule has 0 aliphatic heterocycles. The third-order valence-corrected chi connectivity index (χ3v) is 3.61. The summed E-state index contributed by atoms with van der Waals surface area (Å²) in [7, 11) is 1.66. The first-order chi connectivity index (χ1) is 11.0. The zero-order valence-corrected chi connectivity index (χ0v) is 14.4. The summed E-state index contributed by atoms with van der Waals surface area (Å²) >= 11 is 0. The predicted octanol–water partition coefficient (Wildman–Crippen LogP) is 2.36. The Labute approximate surface area is 138 Å². The van der Waals surface area contributed by atoms with Gasteiger partial charge in [-0.15, -0.1) is 0 Å². The number of aryl methyl sites for hydroxylation is 1. The monoisotopic (exact) mass is 320 g/mol. The van der Waals surface area contributed by atoms with E-state index >= 15 is 0 Å². The van der Waals surface area contributed by atoms with Gasteiger partial charge in [0.2, 0.25) is 11.8 Å². The lowest BCUT2D eigenvalue weighted by molar-refractivity contribution is -0.121. The van der Waals surface area contributed by atoms with Gasteiger partial charge in [0.25, 0.3) is 0 Å². The number of ether oxygens (including phenoxy) is 1. The third kappa shape index (κ3) is 8.24. The first-order valence-corrected chi connectivity index (χ1v) is 8.17. The molecule has 23 heavy (non-hydrogen) atoms. The number of carbonyl (C=O) groups excluding carboxylic acids is 2. The van der Waals surface area contributed by atoms with E-state index < -0.39 is 0 Å². The molecule has 0 atom stereocenters. The maximum Gasteiger partial charge on any atom is 0.220 e. The van der Waals surface area contributed by atoms with Crippen LogP contribution in [-0.4, -0.2) is 32.0 Å². The fraction of sp³-hybridized carbons (Fsp3) is 0.556. The molecule has 0 aromatic heterocycles. The minimum absolute atomic E-state index is 0.00526.